The maximum atomic E-state index is 12.7. The van der Waals surface area contributed by atoms with Crippen molar-refractivity contribution in [1.82, 2.24) is 4.90 Å². The minimum Gasteiger partial charge on any atom is -0.494 e. The lowest BCUT2D eigenvalue weighted by Crippen LogP contribution is -2.35. The Morgan fingerprint density at radius 3 is 2.86 bits per heavy atom. The van der Waals surface area contributed by atoms with Crippen LogP contribution in [0.2, 0.25) is 0 Å². The summed E-state index contributed by atoms with van der Waals surface area (Å²) in [5.41, 5.74) is 6.22. The van der Waals surface area contributed by atoms with Gasteiger partial charge in [0.25, 0.3) is 5.91 Å². The van der Waals surface area contributed by atoms with E-state index in [0.717, 1.165) is 25.0 Å². The number of rotatable bonds is 8. The van der Waals surface area contributed by atoms with Crippen LogP contribution in [-0.2, 0) is 0 Å². The van der Waals surface area contributed by atoms with Crippen molar-refractivity contribution in [2.75, 3.05) is 13.2 Å². The molecule has 1 fully saturated rings. The molecule has 0 saturated heterocycles. The summed E-state index contributed by atoms with van der Waals surface area (Å²) in [6, 6.07) is 7.72. The first-order valence-corrected chi connectivity index (χ1v) is 7.84. The highest BCUT2D eigenvalue weighted by Gasteiger charge is 2.32. The fraction of sp³-hybridized carbons (Fsp3) is 0.500. The Kier molecular flexibility index (Phi) is 5.56. The molecule has 1 aliphatic carbocycles. The SMILES string of the molecule is CCCOc1cccc(C(=O)N(CCC(N)=S)C2CC2)c1. The number of benzene rings is 1. The summed E-state index contributed by atoms with van der Waals surface area (Å²) in [7, 11) is 0. The van der Waals surface area contributed by atoms with E-state index in [0.29, 0.717) is 36.2 Å². The molecule has 4 nitrogen and oxygen atoms in total. The Morgan fingerprint density at radius 2 is 2.24 bits per heavy atom. The zero-order valence-electron chi connectivity index (χ0n) is 12.4. The zero-order valence-corrected chi connectivity index (χ0v) is 13.2. The minimum absolute atomic E-state index is 0.0377. The highest BCUT2D eigenvalue weighted by molar-refractivity contribution is 7.80. The van der Waals surface area contributed by atoms with Crippen molar-refractivity contribution in [1.29, 1.82) is 0 Å². The van der Waals surface area contributed by atoms with E-state index < -0.39 is 0 Å². The van der Waals surface area contributed by atoms with Crippen molar-refractivity contribution >= 4 is 23.1 Å². The summed E-state index contributed by atoms with van der Waals surface area (Å²) in [6.45, 7) is 3.31. The van der Waals surface area contributed by atoms with Gasteiger partial charge in [0.05, 0.1) is 11.6 Å². The molecule has 0 unspecified atom stereocenters. The molecular formula is C16H22N2O2S. The minimum atomic E-state index is 0.0377. The first-order valence-electron chi connectivity index (χ1n) is 7.44. The molecule has 2 N–H and O–H groups in total. The summed E-state index contributed by atoms with van der Waals surface area (Å²) in [5, 5.41) is 0. The molecule has 0 radical (unpaired) electrons. The molecule has 0 spiro atoms. The van der Waals surface area contributed by atoms with Crippen molar-refractivity contribution in [2.24, 2.45) is 5.73 Å². The topological polar surface area (TPSA) is 55.6 Å². The molecule has 0 aliphatic heterocycles. The monoisotopic (exact) mass is 306 g/mol. The first-order chi connectivity index (χ1) is 10.1. The van der Waals surface area contributed by atoms with E-state index in [1.165, 1.54) is 0 Å². The van der Waals surface area contributed by atoms with Crippen molar-refractivity contribution in [3.05, 3.63) is 29.8 Å². The van der Waals surface area contributed by atoms with Crippen LogP contribution in [0.5, 0.6) is 5.75 Å². The van der Waals surface area contributed by atoms with E-state index in [9.17, 15) is 4.79 Å². The Hall–Kier alpha value is -1.62. The predicted octanol–water partition coefficient (Wildman–Crippen LogP) is 2.76. The van der Waals surface area contributed by atoms with Gasteiger partial charge in [-0.25, -0.2) is 0 Å². The maximum Gasteiger partial charge on any atom is 0.254 e. The largest absolute Gasteiger partial charge is 0.494 e. The highest BCUT2D eigenvalue weighted by Crippen LogP contribution is 2.29. The van der Waals surface area contributed by atoms with Crippen LogP contribution in [-0.4, -0.2) is 35.0 Å². The van der Waals surface area contributed by atoms with E-state index in [2.05, 4.69) is 6.92 Å². The molecule has 114 valence electrons. The molecule has 1 saturated carbocycles. The Labute approximate surface area is 131 Å². The Balaban J connectivity index is 2.07. The lowest BCUT2D eigenvalue weighted by Gasteiger charge is -2.22. The smallest absolute Gasteiger partial charge is 0.254 e. The molecular weight excluding hydrogens is 284 g/mol. The van der Waals surface area contributed by atoms with Crippen molar-refractivity contribution in [3.8, 4) is 5.75 Å². The normalized spacial score (nSPS) is 13.8. The van der Waals surface area contributed by atoms with Crippen LogP contribution in [0.4, 0.5) is 0 Å². The number of carbonyl (C=O) groups excluding carboxylic acids is 1. The number of hydrogen-bond acceptors (Lipinski definition) is 3. The number of nitrogens with zero attached hydrogens (tertiary/aromatic N) is 1. The van der Waals surface area contributed by atoms with Gasteiger partial charge in [0.2, 0.25) is 0 Å². The quantitative estimate of drug-likeness (QED) is 0.750. The van der Waals surface area contributed by atoms with E-state index >= 15 is 0 Å². The second-order valence-corrected chi connectivity index (χ2v) is 5.85. The van der Waals surface area contributed by atoms with Crippen LogP contribution in [0.25, 0.3) is 0 Å². The zero-order chi connectivity index (χ0) is 15.2. The maximum absolute atomic E-state index is 12.7. The molecule has 1 amide bonds. The van der Waals surface area contributed by atoms with Crippen molar-refractivity contribution in [2.45, 2.75) is 38.6 Å². The van der Waals surface area contributed by atoms with Gasteiger partial charge >= 0.3 is 0 Å². The van der Waals surface area contributed by atoms with Crippen LogP contribution < -0.4 is 10.5 Å². The third-order valence-corrected chi connectivity index (χ3v) is 3.61. The van der Waals surface area contributed by atoms with E-state index in [-0.39, 0.29) is 5.91 Å². The second kappa shape index (κ2) is 7.41. The van der Waals surface area contributed by atoms with Gasteiger partial charge in [-0.2, -0.15) is 0 Å². The van der Waals surface area contributed by atoms with E-state index in [1.54, 1.807) is 0 Å². The Morgan fingerprint density at radius 1 is 1.48 bits per heavy atom. The van der Waals surface area contributed by atoms with Gasteiger partial charge in [0.1, 0.15) is 5.75 Å². The summed E-state index contributed by atoms with van der Waals surface area (Å²) >= 11 is 4.91. The highest BCUT2D eigenvalue weighted by atomic mass is 32.1. The Bertz CT molecular complexity index is 515. The molecule has 5 heteroatoms. The summed E-state index contributed by atoms with van der Waals surface area (Å²) in [4.78, 5) is 15.0. The van der Waals surface area contributed by atoms with Gasteiger partial charge < -0.3 is 15.4 Å². The summed E-state index contributed by atoms with van der Waals surface area (Å²) in [5.74, 6) is 0.781. The van der Waals surface area contributed by atoms with E-state index in [4.69, 9.17) is 22.7 Å². The van der Waals surface area contributed by atoms with Crippen LogP contribution in [0.1, 0.15) is 43.0 Å². The molecule has 0 heterocycles. The van der Waals surface area contributed by atoms with Crippen LogP contribution >= 0.6 is 12.2 Å². The second-order valence-electron chi connectivity index (χ2n) is 5.32. The molecule has 0 aromatic heterocycles. The van der Waals surface area contributed by atoms with Gasteiger partial charge in [-0.3, -0.25) is 4.79 Å². The fourth-order valence-corrected chi connectivity index (χ4v) is 2.26. The lowest BCUT2D eigenvalue weighted by atomic mass is 10.1. The summed E-state index contributed by atoms with van der Waals surface area (Å²) in [6.07, 6.45) is 3.65. The summed E-state index contributed by atoms with van der Waals surface area (Å²) < 4.78 is 5.59. The van der Waals surface area contributed by atoms with Crippen LogP contribution in [0.15, 0.2) is 24.3 Å². The van der Waals surface area contributed by atoms with E-state index in [1.807, 2.05) is 29.2 Å². The number of carbonyl (C=O) groups is 1. The third-order valence-electron chi connectivity index (χ3n) is 3.40. The van der Waals surface area contributed by atoms with Crippen LogP contribution in [0.3, 0.4) is 0 Å². The first kappa shape index (κ1) is 15.8. The number of nitrogens with two attached hydrogens (primary N) is 1. The number of amides is 1. The number of hydrogen-bond donors (Lipinski definition) is 1. The average molecular weight is 306 g/mol. The van der Waals surface area contributed by atoms with Gasteiger partial charge in [0.15, 0.2) is 0 Å². The standard InChI is InChI=1S/C16H22N2O2S/c1-2-10-20-14-5-3-4-12(11-14)16(19)18(13-6-7-13)9-8-15(17)21/h3-5,11,13H,2,6-10H2,1H3,(H2,17,21). The van der Waals surface area contributed by atoms with Gasteiger partial charge in [0, 0.05) is 24.6 Å². The molecule has 1 aromatic carbocycles. The van der Waals surface area contributed by atoms with Crippen molar-refractivity contribution in [3.63, 3.8) is 0 Å². The molecule has 21 heavy (non-hydrogen) atoms. The molecule has 2 rings (SSSR count). The number of ether oxygens (including phenoxy) is 1. The average Bonchev–Trinajstić information content (AvgIpc) is 3.30. The predicted molar refractivity (Wildman–Crippen MR) is 87.7 cm³/mol. The molecule has 1 aromatic rings. The fourth-order valence-electron chi connectivity index (χ4n) is 2.17. The molecule has 0 atom stereocenters. The lowest BCUT2D eigenvalue weighted by molar-refractivity contribution is 0.0747. The number of thiocarbonyl (C=S) groups is 1. The van der Waals surface area contributed by atoms with Crippen LogP contribution in [0, 0.1) is 0 Å². The molecule has 0 bridgehead atoms. The van der Waals surface area contributed by atoms with Gasteiger partial charge in [-0.1, -0.05) is 25.2 Å². The molecule has 1 aliphatic rings. The third kappa shape index (κ3) is 4.70. The van der Waals surface area contributed by atoms with Crippen molar-refractivity contribution < 1.29 is 9.53 Å². The van der Waals surface area contributed by atoms with Gasteiger partial charge in [-0.05, 0) is 37.5 Å². The van der Waals surface area contributed by atoms with Gasteiger partial charge in [-0.15, -0.1) is 0 Å².